The van der Waals surface area contributed by atoms with Crippen molar-refractivity contribution in [2.75, 3.05) is 27.8 Å². The summed E-state index contributed by atoms with van der Waals surface area (Å²) in [7, 11) is 5.92. The first kappa shape index (κ1) is 14.8. The number of hydrogen-bond acceptors (Lipinski definition) is 3. The minimum atomic E-state index is 0.193. The van der Waals surface area contributed by atoms with Crippen molar-refractivity contribution in [1.29, 1.82) is 0 Å². The van der Waals surface area contributed by atoms with E-state index >= 15 is 0 Å². The molecule has 1 unspecified atom stereocenters. The Labute approximate surface area is 116 Å². The molecule has 0 aromatic heterocycles. The van der Waals surface area contributed by atoms with Gasteiger partial charge in [-0.05, 0) is 58.5 Å². The molecule has 0 aromatic rings. The fourth-order valence-corrected chi connectivity index (χ4v) is 3.96. The molecule has 110 valence electrons. The normalized spacial score (nSPS) is 35.1. The minimum absolute atomic E-state index is 0.193. The van der Waals surface area contributed by atoms with Crippen LogP contribution < -0.4 is 5.32 Å². The summed E-state index contributed by atoms with van der Waals surface area (Å²) in [5.41, 5.74) is 0.193. The van der Waals surface area contributed by atoms with Gasteiger partial charge in [0, 0.05) is 25.6 Å². The number of nitrogens with zero attached hydrogens (tertiary/aromatic N) is 1. The fourth-order valence-electron chi connectivity index (χ4n) is 3.96. The first-order valence-electron chi connectivity index (χ1n) is 7.52. The van der Waals surface area contributed by atoms with E-state index in [1.54, 1.807) is 7.11 Å². The van der Waals surface area contributed by atoms with Crippen LogP contribution in [-0.4, -0.2) is 44.8 Å². The van der Waals surface area contributed by atoms with Crippen molar-refractivity contribution in [2.45, 2.75) is 51.1 Å². The number of amides is 1. The summed E-state index contributed by atoms with van der Waals surface area (Å²) in [5, 5.41) is 3.15. The van der Waals surface area contributed by atoms with E-state index in [-0.39, 0.29) is 17.5 Å². The second-order valence-corrected chi connectivity index (χ2v) is 6.55. The van der Waals surface area contributed by atoms with Crippen LogP contribution in [0.3, 0.4) is 0 Å². The number of nitrogens with one attached hydrogen (secondary N) is 1. The predicted molar refractivity (Wildman–Crippen MR) is 75.7 cm³/mol. The van der Waals surface area contributed by atoms with Crippen LogP contribution in [0.5, 0.6) is 0 Å². The first-order chi connectivity index (χ1) is 9.07. The number of hydrogen-bond donors (Lipinski definition) is 1. The Morgan fingerprint density at radius 1 is 1.37 bits per heavy atom. The van der Waals surface area contributed by atoms with Gasteiger partial charge in [0.05, 0.1) is 6.17 Å². The summed E-state index contributed by atoms with van der Waals surface area (Å²) in [6, 6.07) is 0. The molecule has 0 bridgehead atoms. The summed E-state index contributed by atoms with van der Waals surface area (Å²) in [6.45, 7) is 0.877. The molecule has 2 aliphatic rings. The van der Waals surface area contributed by atoms with Gasteiger partial charge in [-0.3, -0.25) is 9.69 Å². The van der Waals surface area contributed by atoms with E-state index in [4.69, 9.17) is 4.74 Å². The summed E-state index contributed by atoms with van der Waals surface area (Å²) >= 11 is 0. The Morgan fingerprint density at radius 2 is 2.05 bits per heavy atom. The van der Waals surface area contributed by atoms with Crippen molar-refractivity contribution in [3.63, 3.8) is 0 Å². The third kappa shape index (κ3) is 3.29. The number of carbonyl (C=O) groups is 1. The average Bonchev–Trinajstić information content (AvgIpc) is 2.69. The minimum Gasteiger partial charge on any atom is -0.385 e. The van der Waals surface area contributed by atoms with Crippen molar-refractivity contribution in [1.82, 2.24) is 10.2 Å². The van der Waals surface area contributed by atoms with Gasteiger partial charge < -0.3 is 10.1 Å². The lowest BCUT2D eigenvalue weighted by molar-refractivity contribution is -0.120. The molecule has 1 N–H and O–H groups in total. The van der Waals surface area contributed by atoms with E-state index in [1.165, 1.54) is 38.5 Å². The molecule has 1 spiro atoms. The van der Waals surface area contributed by atoms with Gasteiger partial charge >= 0.3 is 0 Å². The Morgan fingerprint density at radius 3 is 2.63 bits per heavy atom. The van der Waals surface area contributed by atoms with Gasteiger partial charge in [-0.25, -0.2) is 0 Å². The van der Waals surface area contributed by atoms with Gasteiger partial charge in [0.15, 0.2) is 0 Å². The molecule has 2 fully saturated rings. The van der Waals surface area contributed by atoms with Crippen molar-refractivity contribution < 1.29 is 9.53 Å². The highest BCUT2D eigenvalue weighted by Crippen LogP contribution is 2.48. The van der Waals surface area contributed by atoms with Crippen LogP contribution in [0.2, 0.25) is 0 Å². The number of carbonyl (C=O) groups excluding carboxylic acids is 1. The molecule has 1 atom stereocenters. The lowest BCUT2D eigenvalue weighted by atomic mass is 9.67. The number of rotatable bonds is 5. The summed E-state index contributed by atoms with van der Waals surface area (Å²) in [6.07, 6.45) is 8.31. The zero-order valence-electron chi connectivity index (χ0n) is 12.6. The monoisotopic (exact) mass is 268 g/mol. The van der Waals surface area contributed by atoms with Crippen LogP contribution in [0.15, 0.2) is 0 Å². The highest BCUT2D eigenvalue weighted by molar-refractivity contribution is 5.79. The smallest absolute Gasteiger partial charge is 0.221 e. The van der Waals surface area contributed by atoms with Gasteiger partial charge in [0.25, 0.3) is 0 Å². The van der Waals surface area contributed by atoms with Crippen LogP contribution >= 0.6 is 0 Å². The predicted octanol–water partition coefficient (Wildman–Crippen LogP) is 2.00. The zero-order valence-corrected chi connectivity index (χ0v) is 12.6. The largest absolute Gasteiger partial charge is 0.385 e. The third-order valence-corrected chi connectivity index (χ3v) is 4.97. The van der Waals surface area contributed by atoms with E-state index in [9.17, 15) is 4.79 Å². The molecule has 1 saturated carbocycles. The Hall–Kier alpha value is -0.610. The third-order valence-electron chi connectivity index (χ3n) is 4.97. The first-order valence-corrected chi connectivity index (χ1v) is 7.52. The molecule has 1 amide bonds. The Kier molecular flexibility index (Phi) is 4.85. The SMILES string of the molecule is COCCCC1CCC2(CC1)CC(=O)NC2N(C)C. The molecule has 1 saturated heterocycles. The van der Waals surface area contributed by atoms with E-state index < -0.39 is 0 Å². The summed E-state index contributed by atoms with van der Waals surface area (Å²) < 4.78 is 5.13. The van der Waals surface area contributed by atoms with Crippen molar-refractivity contribution in [2.24, 2.45) is 11.3 Å². The molecule has 4 heteroatoms. The van der Waals surface area contributed by atoms with Gasteiger partial charge in [-0.2, -0.15) is 0 Å². The molecule has 1 aliphatic carbocycles. The second-order valence-electron chi connectivity index (χ2n) is 6.55. The van der Waals surface area contributed by atoms with Crippen LogP contribution in [0, 0.1) is 11.3 Å². The lowest BCUT2D eigenvalue weighted by Gasteiger charge is -2.42. The molecule has 0 radical (unpaired) electrons. The van der Waals surface area contributed by atoms with E-state index in [1.807, 2.05) is 0 Å². The summed E-state index contributed by atoms with van der Waals surface area (Å²) in [4.78, 5) is 13.9. The highest BCUT2D eigenvalue weighted by atomic mass is 16.5. The Balaban J connectivity index is 1.88. The fraction of sp³-hybridized carbons (Fsp3) is 0.933. The van der Waals surface area contributed by atoms with Crippen LogP contribution in [0.25, 0.3) is 0 Å². The maximum Gasteiger partial charge on any atom is 0.221 e. The molecular formula is C15H28N2O2. The average molecular weight is 268 g/mol. The van der Waals surface area contributed by atoms with Gasteiger partial charge in [0.1, 0.15) is 0 Å². The molecule has 1 aliphatic heterocycles. The van der Waals surface area contributed by atoms with Crippen LogP contribution in [-0.2, 0) is 9.53 Å². The maximum atomic E-state index is 11.8. The maximum absolute atomic E-state index is 11.8. The van der Waals surface area contributed by atoms with Gasteiger partial charge in [-0.1, -0.05) is 0 Å². The quantitative estimate of drug-likeness (QED) is 0.775. The standard InChI is InChI=1S/C15H28N2O2/c1-17(2)14-15(11-13(18)16-14)8-6-12(7-9-15)5-4-10-19-3/h12,14H,4-11H2,1-3H3,(H,16,18). The number of ether oxygens (including phenoxy) is 1. The Bertz CT molecular complexity index is 309. The van der Waals surface area contributed by atoms with Crippen molar-refractivity contribution >= 4 is 5.91 Å². The lowest BCUT2D eigenvalue weighted by Crippen LogP contribution is -2.49. The molecular weight excluding hydrogens is 240 g/mol. The van der Waals surface area contributed by atoms with Crippen LogP contribution in [0.4, 0.5) is 0 Å². The van der Waals surface area contributed by atoms with E-state index in [2.05, 4.69) is 24.3 Å². The molecule has 2 rings (SSSR count). The zero-order chi connectivity index (χ0) is 13.9. The topological polar surface area (TPSA) is 41.6 Å². The van der Waals surface area contributed by atoms with E-state index in [0.717, 1.165) is 18.9 Å². The molecule has 1 heterocycles. The van der Waals surface area contributed by atoms with Crippen LogP contribution in [0.1, 0.15) is 44.9 Å². The van der Waals surface area contributed by atoms with Gasteiger partial charge in [0.2, 0.25) is 5.91 Å². The number of methoxy groups -OCH3 is 1. The van der Waals surface area contributed by atoms with Crippen molar-refractivity contribution in [3.8, 4) is 0 Å². The molecule has 19 heavy (non-hydrogen) atoms. The highest BCUT2D eigenvalue weighted by Gasteiger charge is 2.49. The molecule has 0 aromatic carbocycles. The van der Waals surface area contributed by atoms with E-state index in [0.29, 0.717) is 0 Å². The van der Waals surface area contributed by atoms with Crippen molar-refractivity contribution in [3.05, 3.63) is 0 Å². The second kappa shape index (κ2) is 6.23. The van der Waals surface area contributed by atoms with Gasteiger partial charge in [-0.15, -0.1) is 0 Å². The molecule has 4 nitrogen and oxygen atoms in total. The summed E-state index contributed by atoms with van der Waals surface area (Å²) in [5.74, 6) is 1.07.